The van der Waals surface area contributed by atoms with E-state index in [-0.39, 0.29) is 18.9 Å². The van der Waals surface area contributed by atoms with Crippen LogP contribution in [0.5, 0.6) is 11.5 Å². The molecule has 0 bridgehead atoms. The zero-order valence-corrected chi connectivity index (χ0v) is 13.6. The van der Waals surface area contributed by atoms with Crippen molar-refractivity contribution in [2.24, 2.45) is 0 Å². The van der Waals surface area contributed by atoms with Crippen LogP contribution in [0.3, 0.4) is 0 Å². The van der Waals surface area contributed by atoms with Crippen LogP contribution < -0.4 is 14.8 Å². The SMILES string of the molecule is O=C1NC(=O)N(Cc2ccccc2)C(=O)/C1=C/c1ccc2c(c1)OCO2. The highest BCUT2D eigenvalue weighted by Gasteiger charge is 2.35. The van der Waals surface area contributed by atoms with Gasteiger partial charge in [0.15, 0.2) is 11.5 Å². The predicted molar refractivity (Wildman–Crippen MR) is 91.1 cm³/mol. The van der Waals surface area contributed by atoms with Crippen LogP contribution in [-0.2, 0) is 16.1 Å². The van der Waals surface area contributed by atoms with Crippen molar-refractivity contribution in [3.05, 3.63) is 65.2 Å². The van der Waals surface area contributed by atoms with Crippen molar-refractivity contribution < 1.29 is 23.9 Å². The van der Waals surface area contributed by atoms with Crippen molar-refractivity contribution in [1.29, 1.82) is 0 Å². The number of hydrogen-bond donors (Lipinski definition) is 1. The molecule has 7 nitrogen and oxygen atoms in total. The second-order valence-corrected chi connectivity index (χ2v) is 5.81. The van der Waals surface area contributed by atoms with Gasteiger partial charge in [-0.15, -0.1) is 0 Å². The van der Waals surface area contributed by atoms with E-state index in [4.69, 9.17) is 9.47 Å². The maximum absolute atomic E-state index is 12.7. The number of imide groups is 2. The van der Waals surface area contributed by atoms with E-state index in [9.17, 15) is 14.4 Å². The number of urea groups is 1. The van der Waals surface area contributed by atoms with E-state index >= 15 is 0 Å². The number of amides is 4. The molecule has 4 amide bonds. The average Bonchev–Trinajstić information content (AvgIpc) is 3.11. The second kappa shape index (κ2) is 6.36. The summed E-state index contributed by atoms with van der Waals surface area (Å²) in [6.45, 7) is 0.214. The summed E-state index contributed by atoms with van der Waals surface area (Å²) >= 11 is 0. The third-order valence-corrected chi connectivity index (χ3v) is 4.08. The van der Waals surface area contributed by atoms with Gasteiger partial charge in [-0.1, -0.05) is 36.4 Å². The molecule has 2 aromatic rings. The molecular weight excluding hydrogens is 336 g/mol. The first-order valence-corrected chi connectivity index (χ1v) is 7.94. The third-order valence-electron chi connectivity index (χ3n) is 4.08. The average molecular weight is 350 g/mol. The summed E-state index contributed by atoms with van der Waals surface area (Å²) in [4.78, 5) is 37.9. The molecule has 0 aromatic heterocycles. The van der Waals surface area contributed by atoms with Crippen molar-refractivity contribution in [3.8, 4) is 11.5 Å². The summed E-state index contributed by atoms with van der Waals surface area (Å²) in [5.41, 5.74) is 1.27. The molecule has 2 heterocycles. The summed E-state index contributed by atoms with van der Waals surface area (Å²) in [6, 6.07) is 13.4. The van der Waals surface area contributed by atoms with Gasteiger partial charge in [0, 0.05) is 0 Å². The van der Waals surface area contributed by atoms with Gasteiger partial charge in [-0.25, -0.2) is 4.79 Å². The minimum Gasteiger partial charge on any atom is -0.454 e. The van der Waals surface area contributed by atoms with Gasteiger partial charge in [0.05, 0.1) is 6.54 Å². The number of rotatable bonds is 3. The molecule has 2 aliphatic heterocycles. The molecule has 0 spiro atoms. The molecule has 2 aliphatic rings. The first-order chi connectivity index (χ1) is 12.6. The fourth-order valence-corrected chi connectivity index (χ4v) is 2.77. The molecule has 0 aliphatic carbocycles. The lowest BCUT2D eigenvalue weighted by Gasteiger charge is -2.26. The molecule has 0 unspecified atom stereocenters. The number of hydrogen-bond acceptors (Lipinski definition) is 5. The Morgan fingerprint density at radius 2 is 1.77 bits per heavy atom. The molecular formula is C19H14N2O5. The van der Waals surface area contributed by atoms with Crippen LogP contribution in [0.1, 0.15) is 11.1 Å². The zero-order valence-electron chi connectivity index (χ0n) is 13.6. The number of nitrogens with one attached hydrogen (secondary N) is 1. The number of fused-ring (bicyclic) bond motifs is 1. The van der Waals surface area contributed by atoms with Crippen molar-refractivity contribution in [2.75, 3.05) is 6.79 Å². The Bertz CT molecular complexity index is 936. The monoisotopic (exact) mass is 350 g/mol. The van der Waals surface area contributed by atoms with Crippen LogP contribution in [0.25, 0.3) is 6.08 Å². The van der Waals surface area contributed by atoms with Crippen LogP contribution in [-0.4, -0.2) is 29.5 Å². The minimum absolute atomic E-state index is 0.0806. The number of nitrogens with zero attached hydrogens (tertiary/aromatic N) is 1. The summed E-state index contributed by atoms with van der Waals surface area (Å²) in [6.07, 6.45) is 1.43. The normalized spacial score (nSPS) is 17.6. The largest absolute Gasteiger partial charge is 0.454 e. The van der Waals surface area contributed by atoms with Crippen LogP contribution >= 0.6 is 0 Å². The molecule has 1 fully saturated rings. The molecule has 7 heteroatoms. The maximum atomic E-state index is 12.7. The highest BCUT2D eigenvalue weighted by Crippen LogP contribution is 2.33. The molecule has 1 N–H and O–H groups in total. The smallest absolute Gasteiger partial charge is 0.331 e. The van der Waals surface area contributed by atoms with Crippen LogP contribution in [0.4, 0.5) is 4.79 Å². The number of carbonyl (C=O) groups excluding carboxylic acids is 3. The van der Waals surface area contributed by atoms with Gasteiger partial charge in [-0.3, -0.25) is 19.8 Å². The van der Waals surface area contributed by atoms with Gasteiger partial charge in [-0.05, 0) is 29.3 Å². The molecule has 0 atom stereocenters. The quantitative estimate of drug-likeness (QED) is 0.677. The van der Waals surface area contributed by atoms with Crippen LogP contribution in [0.2, 0.25) is 0 Å². The summed E-state index contributed by atoms with van der Waals surface area (Å²) in [7, 11) is 0. The molecule has 26 heavy (non-hydrogen) atoms. The number of benzene rings is 2. The van der Waals surface area contributed by atoms with Gasteiger partial charge >= 0.3 is 6.03 Å². The van der Waals surface area contributed by atoms with E-state index in [1.165, 1.54) is 6.08 Å². The number of barbiturate groups is 1. The third kappa shape index (κ3) is 2.90. The Kier molecular flexibility index (Phi) is 3.89. The van der Waals surface area contributed by atoms with Gasteiger partial charge in [0.1, 0.15) is 5.57 Å². The zero-order chi connectivity index (χ0) is 18.1. The maximum Gasteiger partial charge on any atom is 0.331 e. The van der Waals surface area contributed by atoms with Crippen molar-refractivity contribution >= 4 is 23.9 Å². The lowest BCUT2D eigenvalue weighted by Crippen LogP contribution is -2.53. The number of ether oxygens (including phenoxy) is 2. The van der Waals surface area contributed by atoms with E-state index in [1.54, 1.807) is 30.3 Å². The summed E-state index contributed by atoms with van der Waals surface area (Å²) in [5.74, 6) is -0.213. The predicted octanol–water partition coefficient (Wildman–Crippen LogP) is 2.08. The van der Waals surface area contributed by atoms with Crippen molar-refractivity contribution in [2.45, 2.75) is 6.54 Å². The van der Waals surface area contributed by atoms with Crippen molar-refractivity contribution in [3.63, 3.8) is 0 Å². The van der Waals surface area contributed by atoms with E-state index in [0.717, 1.165) is 10.5 Å². The highest BCUT2D eigenvalue weighted by atomic mass is 16.7. The Morgan fingerprint density at radius 3 is 2.58 bits per heavy atom. The number of carbonyl (C=O) groups is 3. The second-order valence-electron chi connectivity index (χ2n) is 5.81. The molecule has 130 valence electrons. The summed E-state index contributed by atoms with van der Waals surface area (Å²) < 4.78 is 10.5. The Balaban J connectivity index is 1.63. The molecule has 1 saturated heterocycles. The van der Waals surface area contributed by atoms with E-state index < -0.39 is 17.8 Å². The molecule has 2 aromatic carbocycles. The van der Waals surface area contributed by atoms with Gasteiger partial charge < -0.3 is 9.47 Å². The highest BCUT2D eigenvalue weighted by molar-refractivity contribution is 6.30. The first kappa shape index (κ1) is 15.9. The lowest BCUT2D eigenvalue weighted by molar-refractivity contribution is -0.130. The van der Waals surface area contributed by atoms with Gasteiger partial charge in [0.25, 0.3) is 11.8 Å². The molecule has 0 radical (unpaired) electrons. The minimum atomic E-state index is -0.730. The van der Waals surface area contributed by atoms with Gasteiger partial charge in [0.2, 0.25) is 6.79 Å². The van der Waals surface area contributed by atoms with E-state index in [1.807, 2.05) is 18.2 Å². The standard InChI is InChI=1S/C19H14N2O5/c22-17-14(8-13-6-7-15-16(9-13)26-11-25-15)18(23)21(19(24)20-17)10-12-4-2-1-3-5-12/h1-9H,10-11H2,(H,20,22,24)/b14-8+. The molecule has 4 rings (SSSR count). The Labute approximate surface area is 148 Å². The first-order valence-electron chi connectivity index (χ1n) is 7.94. The fraction of sp³-hybridized carbons (Fsp3) is 0.105. The van der Waals surface area contributed by atoms with Crippen molar-refractivity contribution in [1.82, 2.24) is 10.2 Å². The van der Waals surface area contributed by atoms with Gasteiger partial charge in [-0.2, -0.15) is 0 Å². The fourth-order valence-electron chi connectivity index (χ4n) is 2.77. The van der Waals surface area contributed by atoms with E-state index in [0.29, 0.717) is 17.1 Å². The Hall–Kier alpha value is -3.61. The van der Waals surface area contributed by atoms with Crippen LogP contribution in [0, 0.1) is 0 Å². The Morgan fingerprint density at radius 1 is 1.00 bits per heavy atom. The lowest BCUT2D eigenvalue weighted by atomic mass is 10.1. The van der Waals surface area contributed by atoms with E-state index in [2.05, 4.69) is 5.32 Å². The topological polar surface area (TPSA) is 84.9 Å². The molecule has 0 saturated carbocycles. The summed E-state index contributed by atoms with van der Waals surface area (Å²) in [5, 5.41) is 2.21. The van der Waals surface area contributed by atoms with Crippen LogP contribution in [0.15, 0.2) is 54.1 Å².